The van der Waals surface area contributed by atoms with Crippen LogP contribution in [0.25, 0.3) is 0 Å². The molecule has 0 bridgehead atoms. The molecule has 1 N–H and O–H groups in total. The van der Waals surface area contributed by atoms with Crippen LogP contribution in [0.5, 0.6) is 0 Å². The van der Waals surface area contributed by atoms with Crippen molar-refractivity contribution in [2.45, 2.75) is 18.6 Å². The summed E-state index contributed by atoms with van der Waals surface area (Å²) in [7, 11) is 0. The van der Waals surface area contributed by atoms with E-state index in [1.54, 1.807) is 6.07 Å². The lowest BCUT2D eigenvalue weighted by atomic mass is 9.90. The summed E-state index contributed by atoms with van der Waals surface area (Å²) in [6.45, 7) is 3.47. The second kappa shape index (κ2) is 5.98. The van der Waals surface area contributed by atoms with Crippen molar-refractivity contribution in [2.24, 2.45) is 0 Å². The first-order valence-corrected chi connectivity index (χ1v) is 7.71. The van der Waals surface area contributed by atoms with Crippen molar-refractivity contribution in [1.82, 2.24) is 5.32 Å². The molecule has 2 aromatic carbocycles. The first kappa shape index (κ1) is 14.9. The SMILES string of the molecule is CC1(c2ccccc2)COC(c2ccc(Cl)cc2Cl)CN1. The number of morpholine rings is 1. The third-order valence-electron chi connectivity index (χ3n) is 3.97. The normalized spacial score (nSPS) is 25.8. The molecule has 110 valence electrons. The zero-order chi connectivity index (χ0) is 14.9. The van der Waals surface area contributed by atoms with Gasteiger partial charge in [-0.2, -0.15) is 0 Å². The number of nitrogens with one attached hydrogen (secondary N) is 1. The molecule has 1 aliphatic heterocycles. The Morgan fingerprint density at radius 2 is 1.90 bits per heavy atom. The highest BCUT2D eigenvalue weighted by atomic mass is 35.5. The number of halogens is 2. The average molecular weight is 322 g/mol. The van der Waals surface area contributed by atoms with Crippen LogP contribution in [0.2, 0.25) is 10.0 Å². The Hall–Kier alpha value is -1.06. The monoisotopic (exact) mass is 321 g/mol. The maximum atomic E-state index is 6.26. The van der Waals surface area contributed by atoms with Gasteiger partial charge in [-0.25, -0.2) is 0 Å². The Morgan fingerprint density at radius 3 is 2.52 bits per heavy atom. The predicted octanol–water partition coefficient (Wildman–Crippen LogP) is 4.57. The van der Waals surface area contributed by atoms with Crippen molar-refractivity contribution in [3.63, 3.8) is 0 Å². The van der Waals surface area contributed by atoms with Gasteiger partial charge in [0.25, 0.3) is 0 Å². The number of benzene rings is 2. The number of hydrogen-bond acceptors (Lipinski definition) is 2. The molecule has 1 aliphatic rings. The van der Waals surface area contributed by atoms with Gasteiger partial charge in [0.05, 0.1) is 18.2 Å². The lowest BCUT2D eigenvalue weighted by Crippen LogP contribution is -2.50. The smallest absolute Gasteiger partial charge is 0.0965 e. The minimum atomic E-state index is -0.170. The molecule has 3 rings (SSSR count). The molecule has 2 aromatic rings. The Kier molecular flexibility index (Phi) is 4.23. The van der Waals surface area contributed by atoms with Crippen LogP contribution in [0.15, 0.2) is 48.5 Å². The molecule has 1 heterocycles. The second-order valence-corrected chi connectivity index (χ2v) is 6.39. The van der Waals surface area contributed by atoms with Crippen LogP contribution in [-0.2, 0) is 10.3 Å². The molecule has 2 atom stereocenters. The van der Waals surface area contributed by atoms with E-state index >= 15 is 0 Å². The van der Waals surface area contributed by atoms with Crippen LogP contribution in [-0.4, -0.2) is 13.2 Å². The van der Waals surface area contributed by atoms with Gasteiger partial charge < -0.3 is 10.1 Å². The van der Waals surface area contributed by atoms with Gasteiger partial charge in [-0.1, -0.05) is 59.6 Å². The summed E-state index contributed by atoms with van der Waals surface area (Å²) < 4.78 is 6.06. The molecular formula is C17H17Cl2NO. The van der Waals surface area contributed by atoms with Crippen molar-refractivity contribution in [3.8, 4) is 0 Å². The summed E-state index contributed by atoms with van der Waals surface area (Å²) in [5.41, 5.74) is 2.03. The molecule has 0 spiro atoms. The van der Waals surface area contributed by atoms with Crippen LogP contribution >= 0.6 is 23.2 Å². The molecule has 0 saturated carbocycles. The molecule has 4 heteroatoms. The van der Waals surface area contributed by atoms with Crippen molar-refractivity contribution in [1.29, 1.82) is 0 Å². The van der Waals surface area contributed by atoms with Crippen LogP contribution in [0, 0.1) is 0 Å². The fourth-order valence-corrected chi connectivity index (χ4v) is 3.18. The molecule has 21 heavy (non-hydrogen) atoms. The lowest BCUT2D eigenvalue weighted by Gasteiger charge is -2.39. The van der Waals surface area contributed by atoms with Crippen LogP contribution in [0.4, 0.5) is 0 Å². The van der Waals surface area contributed by atoms with E-state index in [0.29, 0.717) is 23.2 Å². The van der Waals surface area contributed by atoms with E-state index in [1.165, 1.54) is 5.56 Å². The van der Waals surface area contributed by atoms with E-state index in [-0.39, 0.29) is 11.6 Å². The summed E-state index contributed by atoms with van der Waals surface area (Å²) in [6.07, 6.45) is -0.0495. The molecule has 0 radical (unpaired) electrons. The first-order chi connectivity index (χ1) is 10.1. The fraction of sp³-hybridized carbons (Fsp3) is 0.294. The second-order valence-electron chi connectivity index (χ2n) is 5.54. The van der Waals surface area contributed by atoms with E-state index in [2.05, 4.69) is 24.4 Å². The number of rotatable bonds is 2. The van der Waals surface area contributed by atoms with Crippen molar-refractivity contribution in [2.75, 3.05) is 13.2 Å². The predicted molar refractivity (Wildman–Crippen MR) is 87.0 cm³/mol. The van der Waals surface area contributed by atoms with E-state index < -0.39 is 0 Å². The highest BCUT2D eigenvalue weighted by Crippen LogP contribution is 2.33. The van der Waals surface area contributed by atoms with Gasteiger partial charge in [-0.15, -0.1) is 0 Å². The Labute approximate surface area is 135 Å². The van der Waals surface area contributed by atoms with Gasteiger partial charge in [0.1, 0.15) is 0 Å². The third-order valence-corrected chi connectivity index (χ3v) is 4.53. The van der Waals surface area contributed by atoms with Crippen molar-refractivity contribution in [3.05, 3.63) is 69.7 Å². The van der Waals surface area contributed by atoms with Crippen molar-refractivity contribution < 1.29 is 4.74 Å². The quantitative estimate of drug-likeness (QED) is 0.874. The zero-order valence-electron chi connectivity index (χ0n) is 11.8. The molecule has 0 aliphatic carbocycles. The van der Waals surface area contributed by atoms with Gasteiger partial charge in [-0.3, -0.25) is 0 Å². The zero-order valence-corrected chi connectivity index (χ0v) is 13.3. The van der Waals surface area contributed by atoms with Gasteiger partial charge in [0.2, 0.25) is 0 Å². The lowest BCUT2D eigenvalue weighted by molar-refractivity contribution is -0.0307. The van der Waals surface area contributed by atoms with Gasteiger partial charge in [0, 0.05) is 22.2 Å². The maximum Gasteiger partial charge on any atom is 0.0965 e. The average Bonchev–Trinajstić information content (AvgIpc) is 2.50. The summed E-state index contributed by atoms with van der Waals surface area (Å²) in [6, 6.07) is 15.9. The number of ether oxygens (including phenoxy) is 1. The number of hydrogen-bond donors (Lipinski definition) is 1. The highest BCUT2D eigenvalue weighted by Gasteiger charge is 2.33. The topological polar surface area (TPSA) is 21.3 Å². The molecule has 1 saturated heterocycles. The van der Waals surface area contributed by atoms with Crippen LogP contribution in [0.3, 0.4) is 0 Å². The minimum Gasteiger partial charge on any atom is -0.370 e. The Morgan fingerprint density at radius 1 is 1.14 bits per heavy atom. The maximum absolute atomic E-state index is 6.26. The summed E-state index contributed by atoms with van der Waals surface area (Å²) >= 11 is 12.2. The van der Waals surface area contributed by atoms with Crippen LogP contribution in [0.1, 0.15) is 24.2 Å². The molecule has 2 unspecified atom stereocenters. The standard InChI is InChI=1S/C17H17Cl2NO/c1-17(12-5-3-2-4-6-12)11-21-16(10-20-17)14-8-7-13(18)9-15(14)19/h2-9,16,20H,10-11H2,1H3. The highest BCUT2D eigenvalue weighted by molar-refractivity contribution is 6.35. The van der Waals surface area contributed by atoms with Gasteiger partial charge in [-0.05, 0) is 24.6 Å². The summed E-state index contributed by atoms with van der Waals surface area (Å²) in [5.74, 6) is 0. The largest absolute Gasteiger partial charge is 0.370 e. The van der Waals surface area contributed by atoms with E-state index in [1.807, 2.05) is 30.3 Å². The Bertz CT molecular complexity index is 622. The molecule has 0 amide bonds. The molecular weight excluding hydrogens is 305 g/mol. The van der Waals surface area contributed by atoms with E-state index in [4.69, 9.17) is 27.9 Å². The fourth-order valence-electron chi connectivity index (χ4n) is 2.65. The summed E-state index contributed by atoms with van der Waals surface area (Å²) in [4.78, 5) is 0. The third kappa shape index (κ3) is 3.09. The first-order valence-electron chi connectivity index (χ1n) is 6.96. The van der Waals surface area contributed by atoms with E-state index in [9.17, 15) is 0 Å². The van der Waals surface area contributed by atoms with E-state index in [0.717, 1.165) is 5.56 Å². The molecule has 1 fully saturated rings. The van der Waals surface area contributed by atoms with Crippen LogP contribution < -0.4 is 5.32 Å². The van der Waals surface area contributed by atoms with Crippen molar-refractivity contribution >= 4 is 23.2 Å². The molecule has 2 nitrogen and oxygen atoms in total. The molecule has 0 aromatic heterocycles. The van der Waals surface area contributed by atoms with Gasteiger partial charge in [0.15, 0.2) is 0 Å². The Balaban J connectivity index is 1.76. The summed E-state index contributed by atoms with van der Waals surface area (Å²) in [5, 5.41) is 4.88. The minimum absolute atomic E-state index is 0.0495. The van der Waals surface area contributed by atoms with Gasteiger partial charge >= 0.3 is 0 Å².